The molecule has 0 spiro atoms. The largest absolute Gasteiger partial charge is 0.494 e. The Labute approximate surface area is 151 Å². The van der Waals surface area contributed by atoms with Gasteiger partial charge in [0.2, 0.25) is 0 Å². The van der Waals surface area contributed by atoms with E-state index in [1.54, 1.807) is 48.5 Å². The summed E-state index contributed by atoms with van der Waals surface area (Å²) < 4.78 is 10.7. The fraction of sp³-hybridized carbons (Fsp3) is 0.211. The SMILES string of the molecule is CCCOc1ccc(C(=O)NNC(=O)COc2ccccc2C#N)cc1. The molecule has 26 heavy (non-hydrogen) atoms. The number of hydrogen-bond acceptors (Lipinski definition) is 5. The Balaban J connectivity index is 1.79. The Morgan fingerprint density at radius 1 is 1.04 bits per heavy atom. The fourth-order valence-electron chi connectivity index (χ4n) is 1.99. The number of nitrogens with one attached hydrogen (secondary N) is 2. The van der Waals surface area contributed by atoms with Crippen molar-refractivity contribution in [2.24, 2.45) is 0 Å². The van der Waals surface area contributed by atoms with E-state index in [2.05, 4.69) is 10.9 Å². The van der Waals surface area contributed by atoms with Crippen LogP contribution in [0.25, 0.3) is 0 Å². The lowest BCUT2D eigenvalue weighted by molar-refractivity contribution is -0.123. The smallest absolute Gasteiger partial charge is 0.276 e. The molecule has 0 saturated heterocycles. The minimum atomic E-state index is -0.547. The topological polar surface area (TPSA) is 100 Å². The van der Waals surface area contributed by atoms with E-state index in [-0.39, 0.29) is 6.61 Å². The van der Waals surface area contributed by atoms with Crippen LogP contribution in [0.1, 0.15) is 29.3 Å². The highest BCUT2D eigenvalue weighted by Crippen LogP contribution is 2.16. The molecule has 0 atom stereocenters. The second kappa shape index (κ2) is 9.69. The molecular formula is C19H19N3O4. The van der Waals surface area contributed by atoms with Crippen LogP contribution in [0, 0.1) is 11.3 Å². The zero-order valence-electron chi connectivity index (χ0n) is 14.3. The van der Waals surface area contributed by atoms with Crippen LogP contribution in [0.2, 0.25) is 0 Å². The average Bonchev–Trinajstić information content (AvgIpc) is 2.69. The zero-order chi connectivity index (χ0) is 18.8. The molecule has 7 heteroatoms. The number of ether oxygens (including phenoxy) is 2. The Hall–Kier alpha value is -3.53. The van der Waals surface area contributed by atoms with E-state index in [9.17, 15) is 9.59 Å². The molecule has 0 aromatic heterocycles. The van der Waals surface area contributed by atoms with Gasteiger partial charge in [-0.15, -0.1) is 0 Å². The molecule has 0 aliphatic carbocycles. The van der Waals surface area contributed by atoms with Gasteiger partial charge in [-0.3, -0.25) is 20.4 Å². The summed E-state index contributed by atoms with van der Waals surface area (Å²) in [6, 6.07) is 15.1. The molecule has 0 heterocycles. The second-order valence-electron chi connectivity index (χ2n) is 5.27. The molecule has 0 radical (unpaired) electrons. The molecule has 2 amide bonds. The number of rotatable bonds is 7. The van der Waals surface area contributed by atoms with E-state index in [1.165, 1.54) is 0 Å². The van der Waals surface area contributed by atoms with E-state index >= 15 is 0 Å². The van der Waals surface area contributed by atoms with E-state index in [0.717, 1.165) is 6.42 Å². The Kier molecular flexibility index (Phi) is 7.01. The maximum atomic E-state index is 12.0. The predicted molar refractivity (Wildman–Crippen MR) is 94.5 cm³/mol. The highest BCUT2D eigenvalue weighted by Gasteiger charge is 2.09. The number of carbonyl (C=O) groups is 2. The van der Waals surface area contributed by atoms with Crippen LogP contribution in [-0.2, 0) is 4.79 Å². The molecule has 0 aliphatic rings. The molecule has 0 aliphatic heterocycles. The number of amides is 2. The number of carbonyl (C=O) groups excluding carboxylic acids is 2. The number of nitriles is 1. The van der Waals surface area contributed by atoms with Gasteiger partial charge in [0.05, 0.1) is 12.2 Å². The first kappa shape index (κ1) is 18.8. The Morgan fingerprint density at radius 2 is 1.77 bits per heavy atom. The summed E-state index contributed by atoms with van der Waals surface area (Å²) in [4.78, 5) is 23.8. The number of hydrogen-bond donors (Lipinski definition) is 2. The molecule has 134 valence electrons. The lowest BCUT2D eigenvalue weighted by Crippen LogP contribution is -2.43. The normalized spacial score (nSPS) is 9.69. The number of benzene rings is 2. The maximum absolute atomic E-state index is 12.0. The third-order valence-electron chi connectivity index (χ3n) is 3.27. The van der Waals surface area contributed by atoms with Crippen LogP contribution in [-0.4, -0.2) is 25.0 Å². The van der Waals surface area contributed by atoms with Crippen LogP contribution < -0.4 is 20.3 Å². The maximum Gasteiger partial charge on any atom is 0.276 e. The van der Waals surface area contributed by atoms with Crippen molar-refractivity contribution in [3.8, 4) is 17.6 Å². The van der Waals surface area contributed by atoms with Gasteiger partial charge in [0.1, 0.15) is 17.6 Å². The van der Waals surface area contributed by atoms with Crippen molar-refractivity contribution in [2.75, 3.05) is 13.2 Å². The summed E-state index contributed by atoms with van der Waals surface area (Å²) in [7, 11) is 0. The van der Waals surface area contributed by atoms with Crippen molar-refractivity contribution >= 4 is 11.8 Å². The van der Waals surface area contributed by atoms with Crippen LogP contribution in [0.3, 0.4) is 0 Å². The van der Waals surface area contributed by atoms with Gasteiger partial charge in [0.25, 0.3) is 11.8 Å². The quantitative estimate of drug-likeness (QED) is 0.743. The molecule has 0 bridgehead atoms. The zero-order valence-corrected chi connectivity index (χ0v) is 14.3. The van der Waals surface area contributed by atoms with Gasteiger partial charge < -0.3 is 9.47 Å². The van der Waals surface area contributed by atoms with Gasteiger partial charge in [0.15, 0.2) is 6.61 Å². The van der Waals surface area contributed by atoms with Gasteiger partial charge >= 0.3 is 0 Å². The first-order chi connectivity index (χ1) is 12.6. The molecule has 2 N–H and O–H groups in total. The molecule has 0 saturated carbocycles. The standard InChI is InChI=1S/C19H19N3O4/c1-2-11-25-16-9-7-14(8-10-16)19(24)22-21-18(23)13-26-17-6-4-3-5-15(17)12-20/h3-10H,2,11,13H2,1H3,(H,21,23)(H,22,24). The lowest BCUT2D eigenvalue weighted by Gasteiger charge is -2.10. The third-order valence-corrected chi connectivity index (χ3v) is 3.27. The van der Waals surface area contributed by atoms with Gasteiger partial charge in [-0.1, -0.05) is 19.1 Å². The highest BCUT2D eigenvalue weighted by atomic mass is 16.5. The molecule has 2 aromatic carbocycles. The van der Waals surface area contributed by atoms with E-state index in [0.29, 0.717) is 29.2 Å². The molecule has 7 nitrogen and oxygen atoms in total. The monoisotopic (exact) mass is 353 g/mol. The summed E-state index contributed by atoms with van der Waals surface area (Å²) in [5, 5.41) is 8.96. The lowest BCUT2D eigenvalue weighted by atomic mass is 10.2. The average molecular weight is 353 g/mol. The van der Waals surface area contributed by atoms with Crippen LogP contribution in [0.4, 0.5) is 0 Å². The summed E-state index contributed by atoms with van der Waals surface area (Å²) >= 11 is 0. The molecule has 0 fully saturated rings. The van der Waals surface area contributed by atoms with Crippen molar-refractivity contribution in [3.05, 3.63) is 59.7 Å². The van der Waals surface area contributed by atoms with Gasteiger partial charge in [-0.2, -0.15) is 5.26 Å². The van der Waals surface area contributed by atoms with Crippen molar-refractivity contribution in [3.63, 3.8) is 0 Å². The van der Waals surface area contributed by atoms with Crippen molar-refractivity contribution < 1.29 is 19.1 Å². The van der Waals surface area contributed by atoms with Gasteiger partial charge in [-0.05, 0) is 42.8 Å². The van der Waals surface area contributed by atoms with Gasteiger partial charge in [0, 0.05) is 5.56 Å². The van der Waals surface area contributed by atoms with Crippen LogP contribution >= 0.6 is 0 Å². The van der Waals surface area contributed by atoms with Crippen molar-refractivity contribution in [2.45, 2.75) is 13.3 Å². The Bertz CT molecular complexity index is 797. The summed E-state index contributed by atoms with van der Waals surface area (Å²) in [6.45, 7) is 2.28. The predicted octanol–water partition coefficient (Wildman–Crippen LogP) is 2.19. The van der Waals surface area contributed by atoms with E-state index in [1.807, 2.05) is 13.0 Å². The van der Waals surface area contributed by atoms with Crippen LogP contribution in [0.5, 0.6) is 11.5 Å². The van der Waals surface area contributed by atoms with Crippen molar-refractivity contribution in [1.82, 2.24) is 10.9 Å². The number of nitrogens with zero attached hydrogens (tertiary/aromatic N) is 1. The number of hydrazine groups is 1. The molecule has 2 aromatic rings. The van der Waals surface area contributed by atoms with Gasteiger partial charge in [-0.25, -0.2) is 0 Å². The minimum Gasteiger partial charge on any atom is -0.494 e. The van der Waals surface area contributed by atoms with Crippen molar-refractivity contribution in [1.29, 1.82) is 5.26 Å². The van der Waals surface area contributed by atoms with E-state index < -0.39 is 11.8 Å². The van der Waals surface area contributed by atoms with Crippen LogP contribution in [0.15, 0.2) is 48.5 Å². The molecular weight excluding hydrogens is 334 g/mol. The van der Waals surface area contributed by atoms with E-state index in [4.69, 9.17) is 14.7 Å². The Morgan fingerprint density at radius 3 is 2.46 bits per heavy atom. The highest BCUT2D eigenvalue weighted by molar-refractivity contribution is 5.95. The molecule has 0 unspecified atom stereocenters. The summed E-state index contributed by atoms with van der Waals surface area (Å²) in [6.07, 6.45) is 0.898. The minimum absolute atomic E-state index is 0.305. The first-order valence-electron chi connectivity index (χ1n) is 8.08. The summed E-state index contributed by atoms with van der Waals surface area (Å²) in [5.41, 5.74) is 5.27. The summed E-state index contributed by atoms with van der Waals surface area (Å²) in [5.74, 6) is -0.0250. The fourth-order valence-corrected chi connectivity index (χ4v) is 1.99. The third kappa shape index (κ3) is 5.53. The first-order valence-corrected chi connectivity index (χ1v) is 8.08. The molecule has 2 rings (SSSR count). The second-order valence-corrected chi connectivity index (χ2v) is 5.27. The number of para-hydroxylation sites is 1.